The third kappa shape index (κ3) is 4.80. The smallest absolute Gasteiger partial charge is 0.274 e. The molecule has 0 aliphatic carbocycles. The third-order valence-corrected chi connectivity index (χ3v) is 9.48. The maximum absolute atomic E-state index is 14.7. The number of rotatable bonds is 6. The van der Waals surface area contributed by atoms with Crippen molar-refractivity contribution in [3.8, 4) is 5.75 Å². The molecule has 1 spiro atoms. The fraction of sp³-hybridized carbons (Fsp3) is 0.406. The fourth-order valence-corrected chi connectivity index (χ4v) is 6.80. The Morgan fingerprint density at radius 2 is 1.86 bits per heavy atom. The molecule has 4 heterocycles. The van der Waals surface area contributed by atoms with Crippen LogP contribution in [-0.4, -0.2) is 50.6 Å². The Kier molecular flexibility index (Phi) is 7.34. The number of fused-ring (bicyclic) bond motifs is 5. The molecular formula is C32H34F2N4O5. The lowest BCUT2D eigenvalue weighted by atomic mass is 9.76. The van der Waals surface area contributed by atoms with E-state index in [0.717, 1.165) is 11.6 Å². The number of hydroxylamine groups is 2. The molecule has 3 aliphatic rings. The third-order valence-electron chi connectivity index (χ3n) is 9.48. The van der Waals surface area contributed by atoms with E-state index in [9.17, 15) is 23.2 Å². The van der Waals surface area contributed by atoms with E-state index in [2.05, 4.69) is 0 Å². The molecule has 3 aromatic rings. The van der Waals surface area contributed by atoms with Crippen LogP contribution in [-0.2, 0) is 18.0 Å². The monoisotopic (exact) mass is 592 g/mol. The van der Waals surface area contributed by atoms with Crippen molar-refractivity contribution in [2.24, 2.45) is 11.7 Å². The molecule has 1 aromatic heterocycles. The minimum Gasteiger partial charge on any atom is -0.483 e. The van der Waals surface area contributed by atoms with Gasteiger partial charge in [-0.25, -0.2) is 8.78 Å². The van der Waals surface area contributed by atoms with Crippen LogP contribution in [0.15, 0.2) is 59.5 Å². The Hall–Kier alpha value is -4.09. The number of nitrogens with zero attached hydrogens (tertiary/aromatic N) is 3. The van der Waals surface area contributed by atoms with Crippen molar-refractivity contribution < 1.29 is 27.9 Å². The van der Waals surface area contributed by atoms with Crippen molar-refractivity contribution in [2.75, 3.05) is 6.54 Å². The number of pyridine rings is 1. The Labute approximate surface area is 247 Å². The van der Waals surface area contributed by atoms with Gasteiger partial charge in [0, 0.05) is 42.4 Å². The summed E-state index contributed by atoms with van der Waals surface area (Å²) < 4.78 is 35.9. The van der Waals surface area contributed by atoms with Crippen LogP contribution in [0.5, 0.6) is 5.75 Å². The molecule has 2 fully saturated rings. The predicted molar refractivity (Wildman–Crippen MR) is 153 cm³/mol. The zero-order chi connectivity index (χ0) is 30.6. The maximum Gasteiger partial charge on any atom is 0.274 e. The molecule has 0 radical (unpaired) electrons. The van der Waals surface area contributed by atoms with E-state index in [4.69, 9.17) is 15.3 Å². The zero-order valence-corrected chi connectivity index (χ0v) is 24.3. The van der Waals surface area contributed by atoms with Crippen LogP contribution in [0.4, 0.5) is 8.78 Å². The van der Waals surface area contributed by atoms with Crippen LogP contribution in [0, 0.1) is 17.6 Å². The molecule has 2 saturated heterocycles. The minimum absolute atomic E-state index is 0.00485. The van der Waals surface area contributed by atoms with Crippen molar-refractivity contribution >= 4 is 11.8 Å². The van der Waals surface area contributed by atoms with E-state index in [1.54, 1.807) is 14.5 Å². The van der Waals surface area contributed by atoms with Gasteiger partial charge in [-0.1, -0.05) is 43.3 Å². The lowest BCUT2D eigenvalue weighted by Gasteiger charge is -2.44. The Bertz CT molecular complexity index is 1650. The summed E-state index contributed by atoms with van der Waals surface area (Å²) in [4.78, 5) is 48.6. The van der Waals surface area contributed by atoms with Crippen LogP contribution >= 0.6 is 0 Å². The largest absolute Gasteiger partial charge is 0.483 e. The van der Waals surface area contributed by atoms with Gasteiger partial charge in [-0.2, -0.15) is 5.06 Å². The van der Waals surface area contributed by atoms with E-state index < -0.39 is 34.6 Å². The first-order valence-corrected chi connectivity index (χ1v) is 14.5. The second-order valence-corrected chi connectivity index (χ2v) is 11.8. The van der Waals surface area contributed by atoms with Gasteiger partial charge in [-0.3, -0.25) is 19.2 Å². The Morgan fingerprint density at radius 1 is 1.12 bits per heavy atom. The van der Waals surface area contributed by atoms with Gasteiger partial charge in [0.05, 0.1) is 12.6 Å². The van der Waals surface area contributed by atoms with Gasteiger partial charge in [0.15, 0.2) is 11.4 Å². The number of carbonyl (C=O) groups excluding carboxylic acids is 2. The summed E-state index contributed by atoms with van der Waals surface area (Å²) in [5.41, 5.74) is 4.85. The molecule has 2 bridgehead atoms. The first-order chi connectivity index (χ1) is 20.5. The summed E-state index contributed by atoms with van der Waals surface area (Å²) in [5, 5.41) is 1.71. The normalized spacial score (nSPS) is 26.8. The molecule has 6 rings (SSSR count). The molecule has 0 saturated carbocycles. The molecule has 2 amide bonds. The van der Waals surface area contributed by atoms with Crippen LogP contribution in [0.25, 0.3) is 0 Å². The van der Waals surface area contributed by atoms with Gasteiger partial charge in [0.2, 0.25) is 5.43 Å². The minimum atomic E-state index is -0.932. The van der Waals surface area contributed by atoms with Gasteiger partial charge in [-0.15, -0.1) is 0 Å². The average molecular weight is 593 g/mol. The summed E-state index contributed by atoms with van der Waals surface area (Å²) >= 11 is 0. The first kappa shape index (κ1) is 29.0. The zero-order valence-electron chi connectivity index (χ0n) is 24.3. The number of hydrogen-bond acceptors (Lipinski definition) is 6. The number of benzene rings is 2. The van der Waals surface area contributed by atoms with Gasteiger partial charge in [0.25, 0.3) is 11.8 Å². The highest BCUT2D eigenvalue weighted by molar-refractivity contribution is 5.99. The predicted octanol–water partition coefficient (Wildman–Crippen LogP) is 4.19. The maximum atomic E-state index is 14.7. The highest BCUT2D eigenvalue weighted by Gasteiger charge is 2.59. The molecule has 11 heteroatoms. The van der Waals surface area contributed by atoms with E-state index in [1.807, 2.05) is 51.1 Å². The average Bonchev–Trinajstić information content (AvgIpc) is 3.13. The van der Waals surface area contributed by atoms with E-state index in [0.29, 0.717) is 12.8 Å². The first-order valence-electron chi connectivity index (χ1n) is 14.5. The van der Waals surface area contributed by atoms with Crippen LogP contribution in [0.2, 0.25) is 0 Å². The van der Waals surface area contributed by atoms with Gasteiger partial charge in [0.1, 0.15) is 29.4 Å². The number of halogens is 2. The van der Waals surface area contributed by atoms with Crippen molar-refractivity contribution in [1.82, 2.24) is 14.5 Å². The summed E-state index contributed by atoms with van der Waals surface area (Å²) in [6.45, 7) is 6.34. The highest BCUT2D eigenvalue weighted by atomic mass is 19.1. The second kappa shape index (κ2) is 10.9. The quantitative estimate of drug-likeness (QED) is 0.460. The molecule has 2 aromatic carbocycles. The number of aromatic nitrogens is 1. The molecule has 2 N–H and O–H groups in total. The number of primary amides is 1. The van der Waals surface area contributed by atoms with E-state index in [1.165, 1.54) is 18.3 Å². The molecule has 2 unspecified atom stereocenters. The number of ether oxygens (including phenoxy) is 1. The summed E-state index contributed by atoms with van der Waals surface area (Å²) in [6.07, 6.45) is 2.52. The number of carbonyl (C=O) groups is 2. The number of hydrogen-bond donors (Lipinski definition) is 1. The molecule has 226 valence electrons. The van der Waals surface area contributed by atoms with Crippen molar-refractivity contribution in [3.05, 3.63) is 99.0 Å². The number of amides is 2. The van der Waals surface area contributed by atoms with Crippen LogP contribution in [0.3, 0.4) is 0 Å². The topological polar surface area (TPSA) is 107 Å². The molecule has 5 atom stereocenters. The van der Waals surface area contributed by atoms with E-state index >= 15 is 0 Å². The Balaban J connectivity index is 1.47. The van der Waals surface area contributed by atoms with Gasteiger partial charge >= 0.3 is 0 Å². The van der Waals surface area contributed by atoms with E-state index in [-0.39, 0.29) is 66.2 Å². The van der Waals surface area contributed by atoms with Crippen molar-refractivity contribution in [1.29, 1.82) is 0 Å². The molecule has 3 aliphatic heterocycles. The summed E-state index contributed by atoms with van der Waals surface area (Å²) in [7, 11) is 0. The van der Waals surface area contributed by atoms with Crippen molar-refractivity contribution in [2.45, 2.75) is 70.5 Å². The van der Waals surface area contributed by atoms with Gasteiger partial charge < -0.3 is 19.9 Å². The molecular weight excluding hydrogens is 558 g/mol. The highest BCUT2D eigenvalue weighted by Crippen LogP contribution is 2.51. The van der Waals surface area contributed by atoms with Crippen LogP contribution < -0.4 is 15.9 Å². The van der Waals surface area contributed by atoms with Gasteiger partial charge in [-0.05, 0) is 38.3 Å². The Morgan fingerprint density at radius 3 is 2.56 bits per heavy atom. The van der Waals surface area contributed by atoms with Crippen LogP contribution in [0.1, 0.15) is 71.6 Å². The summed E-state index contributed by atoms with van der Waals surface area (Å²) in [5.74, 6) is -2.99. The molecule has 43 heavy (non-hydrogen) atoms. The second-order valence-electron chi connectivity index (χ2n) is 11.8. The molecule has 9 nitrogen and oxygen atoms in total. The van der Waals surface area contributed by atoms with Crippen molar-refractivity contribution in [3.63, 3.8) is 0 Å². The number of nitrogens with two attached hydrogens (primary N) is 1. The fourth-order valence-electron chi connectivity index (χ4n) is 6.80. The lowest BCUT2D eigenvalue weighted by molar-refractivity contribution is -0.229. The SMILES string of the molecule is CC1C(C)[C@@]2(CC[C@H](C)N3C[C@H]2n2cc(C(N)=O)c(=O)c(OCc4ccccc4)c2C3=O)ON1Cc1ccc(F)cc1F. The lowest BCUT2D eigenvalue weighted by Crippen LogP contribution is -2.54. The summed E-state index contributed by atoms with van der Waals surface area (Å²) in [6, 6.07) is 11.8. The standard InChI is InChI=1S/C32H34F2N4O5/c1-18-11-12-32(19(2)20(3)38(43-32)14-22-9-10-23(33)13-25(22)34)26-16-36(18)31(41)27-29(42-17-21-7-5-4-6-8-21)28(39)24(30(35)40)15-37(26)27/h4-10,13,15,18-20,26H,11-12,14,16-17H2,1-3H3,(H2,35,40)/t18-,19?,20?,26+,32+/m0/s1.